The number of carbonyl (C=O) groups is 1. The zero-order valence-corrected chi connectivity index (χ0v) is 8.14. The Balaban J connectivity index is 0. The topological polar surface area (TPSA) is 37.3 Å². The van der Waals surface area contributed by atoms with E-state index in [0.29, 0.717) is 0 Å². The summed E-state index contributed by atoms with van der Waals surface area (Å²) < 4.78 is 0. The second-order valence-corrected chi connectivity index (χ2v) is 1.40. The van der Waals surface area contributed by atoms with Gasteiger partial charge in [-0.05, 0) is 13.8 Å². The predicted octanol–water partition coefficient (Wildman–Crippen LogP) is 1.04. The number of aliphatic hydroxyl groups is 1. The quantitative estimate of drug-likeness (QED) is 0.553. The molecule has 0 saturated carbocycles. The van der Waals surface area contributed by atoms with Crippen molar-refractivity contribution < 1.29 is 50.7 Å². The van der Waals surface area contributed by atoms with Crippen LogP contribution in [0.15, 0.2) is 11.8 Å². The van der Waals surface area contributed by atoms with Gasteiger partial charge in [-0.1, -0.05) is 0 Å². The van der Waals surface area contributed by atoms with Crippen molar-refractivity contribution in [2.45, 2.75) is 13.8 Å². The second-order valence-electron chi connectivity index (χ2n) is 1.40. The van der Waals surface area contributed by atoms with E-state index in [1.54, 1.807) is 0 Å². The van der Waals surface area contributed by atoms with E-state index in [-0.39, 0.29) is 52.4 Å². The molecule has 0 radical (unpaired) electrons. The number of ketones is 1. The maximum absolute atomic E-state index is 10.0. The molecule has 0 spiro atoms. The first-order chi connectivity index (χ1) is 3.13. The summed E-state index contributed by atoms with van der Waals surface area (Å²) in [6.07, 6.45) is 1.17. The first-order valence-electron chi connectivity index (χ1n) is 2.01. The average Bonchev–Trinajstić information content (AvgIpc) is 1.27. The van der Waals surface area contributed by atoms with Crippen molar-refractivity contribution in [1.29, 1.82) is 0 Å². The van der Waals surface area contributed by atoms with Crippen LogP contribution in [0.5, 0.6) is 0 Å². The molecule has 0 saturated heterocycles. The summed E-state index contributed by atoms with van der Waals surface area (Å²) >= 11 is 0. The second kappa shape index (κ2) is 5.69. The Morgan fingerprint density at radius 3 is 1.88 bits per heavy atom. The third kappa shape index (κ3) is 9.75. The van der Waals surface area contributed by atoms with Crippen molar-refractivity contribution in [3.05, 3.63) is 11.8 Å². The largest absolute Gasteiger partial charge is 0.512 e. The van der Waals surface area contributed by atoms with Crippen LogP contribution in [0.2, 0.25) is 0 Å². The standard InChI is InChI=1S/C5H8O2.Nd/c1-4(6)3-5(2)7;/h3,6H,1-2H3;. The van der Waals surface area contributed by atoms with Crippen LogP contribution in [0.1, 0.15) is 13.8 Å². The fraction of sp³-hybridized carbons (Fsp3) is 0.400. The monoisotopic (exact) mass is 242 g/mol. The van der Waals surface area contributed by atoms with Crippen molar-refractivity contribution in [2.75, 3.05) is 0 Å². The summed E-state index contributed by atoms with van der Waals surface area (Å²) in [7, 11) is 0. The molecule has 0 aliphatic carbocycles. The van der Waals surface area contributed by atoms with E-state index < -0.39 is 0 Å². The van der Waals surface area contributed by atoms with Crippen LogP contribution in [-0.2, 0) is 4.79 Å². The molecule has 3 heteroatoms. The summed E-state index contributed by atoms with van der Waals surface area (Å²) in [5.41, 5.74) is 0. The zero-order chi connectivity index (χ0) is 5.86. The fourth-order valence-electron chi connectivity index (χ4n) is 0.294. The Morgan fingerprint density at radius 2 is 1.88 bits per heavy atom. The van der Waals surface area contributed by atoms with Crippen LogP contribution in [0.25, 0.3) is 0 Å². The minimum absolute atomic E-state index is 0. The van der Waals surface area contributed by atoms with Gasteiger partial charge in [0.2, 0.25) is 0 Å². The van der Waals surface area contributed by atoms with Crippen LogP contribution in [0.4, 0.5) is 0 Å². The summed E-state index contributed by atoms with van der Waals surface area (Å²) in [6, 6.07) is 0. The maximum atomic E-state index is 10.0. The van der Waals surface area contributed by atoms with Crippen LogP contribution in [-0.4, -0.2) is 10.9 Å². The van der Waals surface area contributed by atoms with Gasteiger partial charge in [-0.2, -0.15) is 0 Å². The fourth-order valence-corrected chi connectivity index (χ4v) is 0.294. The molecule has 0 heterocycles. The molecule has 0 fully saturated rings. The number of aliphatic hydroxyl groups excluding tert-OH is 1. The van der Waals surface area contributed by atoms with E-state index >= 15 is 0 Å². The van der Waals surface area contributed by atoms with Crippen LogP contribution < -0.4 is 0 Å². The Bertz CT molecular complexity index is 103. The van der Waals surface area contributed by atoms with Crippen molar-refractivity contribution in [2.24, 2.45) is 0 Å². The molecule has 0 amide bonds. The number of allylic oxidation sites excluding steroid dienone is 2. The van der Waals surface area contributed by atoms with Crippen molar-refractivity contribution in [3.63, 3.8) is 0 Å². The van der Waals surface area contributed by atoms with Gasteiger partial charge in [0.05, 0.1) is 5.76 Å². The Hall–Kier alpha value is 0.561. The van der Waals surface area contributed by atoms with E-state index in [9.17, 15) is 4.79 Å². The normalized spacial score (nSPS) is 10.0. The first kappa shape index (κ1) is 11.4. The van der Waals surface area contributed by atoms with Crippen LogP contribution >= 0.6 is 0 Å². The molecule has 0 aromatic heterocycles. The Labute approximate surface area is 81.5 Å². The molecule has 8 heavy (non-hydrogen) atoms. The van der Waals surface area contributed by atoms with E-state index in [1.807, 2.05) is 0 Å². The first-order valence-corrected chi connectivity index (χ1v) is 2.01. The molecule has 2 nitrogen and oxygen atoms in total. The molecule has 0 bridgehead atoms. The molecule has 0 unspecified atom stereocenters. The van der Waals surface area contributed by atoms with Crippen molar-refractivity contribution in [1.82, 2.24) is 0 Å². The van der Waals surface area contributed by atoms with Gasteiger partial charge in [-0.25, -0.2) is 0 Å². The molecule has 0 atom stereocenters. The number of carbonyl (C=O) groups excluding carboxylic acids is 1. The summed E-state index contributed by atoms with van der Waals surface area (Å²) in [4.78, 5) is 10.0. The van der Waals surface area contributed by atoms with Crippen molar-refractivity contribution in [3.8, 4) is 0 Å². The van der Waals surface area contributed by atoms with Gasteiger partial charge in [0.15, 0.2) is 5.78 Å². The van der Waals surface area contributed by atoms with Gasteiger partial charge in [0.25, 0.3) is 0 Å². The van der Waals surface area contributed by atoms with Gasteiger partial charge in [-0.15, -0.1) is 0 Å². The molecule has 44 valence electrons. The Kier molecular flexibility index (Phi) is 8.09. The van der Waals surface area contributed by atoms with Crippen LogP contribution in [0.3, 0.4) is 0 Å². The molecule has 1 N–H and O–H groups in total. The van der Waals surface area contributed by atoms with Gasteiger partial charge in [0, 0.05) is 46.9 Å². The molecule has 0 aromatic carbocycles. The maximum Gasteiger partial charge on any atom is 0.155 e. The van der Waals surface area contributed by atoms with Gasteiger partial charge in [-0.3, -0.25) is 4.79 Å². The third-order valence-corrected chi connectivity index (χ3v) is 0.412. The Morgan fingerprint density at radius 1 is 1.50 bits per heavy atom. The SMILES string of the molecule is CC(=O)C=C(C)O.[Nd]. The van der Waals surface area contributed by atoms with E-state index in [2.05, 4.69) is 0 Å². The van der Waals surface area contributed by atoms with Crippen LogP contribution in [0, 0.1) is 40.8 Å². The third-order valence-electron chi connectivity index (χ3n) is 0.412. The minimum Gasteiger partial charge on any atom is -0.512 e. The van der Waals surface area contributed by atoms with E-state index in [4.69, 9.17) is 5.11 Å². The zero-order valence-electron chi connectivity index (χ0n) is 4.93. The van der Waals surface area contributed by atoms with E-state index in [0.717, 1.165) is 0 Å². The van der Waals surface area contributed by atoms with Gasteiger partial charge >= 0.3 is 0 Å². The van der Waals surface area contributed by atoms with Gasteiger partial charge < -0.3 is 5.11 Å². The molecule has 0 aliphatic rings. The predicted molar refractivity (Wildman–Crippen MR) is 27.1 cm³/mol. The average molecular weight is 244 g/mol. The number of hydrogen-bond acceptors (Lipinski definition) is 2. The molecular formula is C5H8NdO2. The van der Waals surface area contributed by atoms with Crippen molar-refractivity contribution >= 4 is 5.78 Å². The number of hydrogen-bond donors (Lipinski definition) is 1. The smallest absolute Gasteiger partial charge is 0.155 e. The molecular weight excluding hydrogens is 236 g/mol. The summed E-state index contributed by atoms with van der Waals surface area (Å²) in [5, 5.41) is 8.36. The molecule has 0 rings (SSSR count). The summed E-state index contributed by atoms with van der Waals surface area (Å²) in [6.45, 7) is 2.85. The molecule has 0 aromatic rings. The van der Waals surface area contributed by atoms with E-state index in [1.165, 1.54) is 19.9 Å². The van der Waals surface area contributed by atoms with Gasteiger partial charge in [0.1, 0.15) is 0 Å². The molecule has 0 aliphatic heterocycles. The summed E-state index contributed by atoms with van der Waals surface area (Å²) in [5.74, 6) is -0.0625. The number of rotatable bonds is 1. The minimum atomic E-state index is -0.125.